The summed E-state index contributed by atoms with van der Waals surface area (Å²) in [7, 11) is 1.65. The highest BCUT2D eigenvalue weighted by Gasteiger charge is 2.33. The van der Waals surface area contributed by atoms with Gasteiger partial charge in [0.1, 0.15) is 6.61 Å². The highest BCUT2D eigenvalue weighted by atomic mass is 35.5. The van der Waals surface area contributed by atoms with Crippen molar-refractivity contribution in [3.8, 4) is 11.5 Å². The second-order valence-electron chi connectivity index (χ2n) is 5.06. The van der Waals surface area contributed by atoms with Crippen molar-refractivity contribution in [2.24, 2.45) is 5.73 Å². The summed E-state index contributed by atoms with van der Waals surface area (Å²) in [4.78, 5) is 2.07. The number of thiocarbonyl (C=S) groups is 1. The normalized spacial score (nSPS) is 19.5. The fourth-order valence-corrected chi connectivity index (χ4v) is 3.12. The van der Waals surface area contributed by atoms with Crippen molar-refractivity contribution in [2.45, 2.75) is 18.9 Å². The summed E-state index contributed by atoms with van der Waals surface area (Å²) in [6, 6.07) is 6.11. The molecule has 5 nitrogen and oxygen atoms in total. The molecule has 0 bridgehead atoms. The molecule has 1 radical (unpaired) electrons. The molecule has 0 amide bonds. The largest absolute Gasteiger partial charge is 0.493 e. The molecule has 2 aliphatic rings. The molecule has 0 aromatic heterocycles. The number of fused-ring (bicyclic) bond motifs is 1. The van der Waals surface area contributed by atoms with E-state index in [4.69, 9.17) is 27.4 Å². The third-order valence-electron chi connectivity index (χ3n) is 3.76. The van der Waals surface area contributed by atoms with E-state index in [1.807, 2.05) is 18.3 Å². The first-order valence-corrected chi connectivity index (χ1v) is 7.37. The van der Waals surface area contributed by atoms with Crippen LogP contribution in [0.1, 0.15) is 12.0 Å². The molecule has 1 atom stereocenters. The molecule has 2 N–H and O–H groups in total. The molecule has 119 valence electrons. The van der Waals surface area contributed by atoms with Crippen LogP contribution in [-0.4, -0.2) is 36.3 Å². The average Bonchev–Trinajstić information content (AvgIpc) is 2.87. The number of rotatable bonds is 4. The predicted octanol–water partition coefficient (Wildman–Crippen LogP) is 1.82. The monoisotopic (exact) mass is 340 g/mol. The highest BCUT2D eigenvalue weighted by Crippen LogP contribution is 2.36. The van der Waals surface area contributed by atoms with E-state index in [9.17, 15) is 0 Å². The first-order chi connectivity index (χ1) is 10.2. The molecule has 0 spiro atoms. The fourth-order valence-electron chi connectivity index (χ4n) is 2.81. The Balaban J connectivity index is 0.00000176. The van der Waals surface area contributed by atoms with Crippen molar-refractivity contribution in [2.75, 3.05) is 20.3 Å². The molecule has 0 aliphatic carbocycles. The zero-order valence-electron chi connectivity index (χ0n) is 12.3. The van der Waals surface area contributed by atoms with Gasteiger partial charge >= 0.3 is 0 Å². The summed E-state index contributed by atoms with van der Waals surface area (Å²) in [5, 5.41) is 4.84. The second kappa shape index (κ2) is 7.17. The van der Waals surface area contributed by atoms with Crippen LogP contribution in [0.5, 0.6) is 11.5 Å². The molecule has 2 heterocycles. The van der Waals surface area contributed by atoms with E-state index in [-0.39, 0.29) is 18.4 Å². The molecule has 22 heavy (non-hydrogen) atoms. The van der Waals surface area contributed by atoms with Crippen molar-refractivity contribution in [1.82, 2.24) is 10.2 Å². The molecule has 0 saturated carbocycles. The van der Waals surface area contributed by atoms with Crippen LogP contribution in [0.3, 0.4) is 0 Å². The number of benzene rings is 1. The van der Waals surface area contributed by atoms with Crippen LogP contribution >= 0.6 is 24.6 Å². The van der Waals surface area contributed by atoms with Gasteiger partial charge in [-0.2, -0.15) is 0 Å². The molecule has 2 aliphatic heterocycles. The van der Waals surface area contributed by atoms with Crippen molar-refractivity contribution in [1.29, 1.82) is 0 Å². The number of nitrogens with zero attached hydrogens (tertiary/aromatic N) is 2. The molecule has 3 rings (SSSR count). The fraction of sp³-hybridized carbons (Fsp3) is 0.400. The van der Waals surface area contributed by atoms with Crippen LogP contribution < -0.4 is 20.5 Å². The van der Waals surface area contributed by atoms with Crippen molar-refractivity contribution in [3.63, 3.8) is 0 Å². The second-order valence-corrected chi connectivity index (χ2v) is 5.42. The molecule has 7 heteroatoms. The lowest BCUT2D eigenvalue weighted by Crippen LogP contribution is -2.44. The van der Waals surface area contributed by atoms with E-state index in [0.29, 0.717) is 18.3 Å². The van der Waals surface area contributed by atoms with Crippen LogP contribution in [0.2, 0.25) is 0 Å². The number of nitrogens with two attached hydrogens (primary N) is 1. The van der Waals surface area contributed by atoms with Gasteiger partial charge in [0.15, 0.2) is 16.6 Å². The summed E-state index contributed by atoms with van der Waals surface area (Å²) in [5.74, 6) is 1.61. The van der Waals surface area contributed by atoms with Gasteiger partial charge in [-0.25, -0.2) is 5.32 Å². The third kappa shape index (κ3) is 2.99. The van der Waals surface area contributed by atoms with E-state index in [1.54, 1.807) is 7.11 Å². The zero-order valence-corrected chi connectivity index (χ0v) is 14.0. The minimum Gasteiger partial charge on any atom is -0.493 e. The van der Waals surface area contributed by atoms with Crippen LogP contribution in [0.15, 0.2) is 30.1 Å². The summed E-state index contributed by atoms with van der Waals surface area (Å²) in [5.41, 5.74) is 7.86. The van der Waals surface area contributed by atoms with Gasteiger partial charge in [0.05, 0.1) is 13.2 Å². The van der Waals surface area contributed by atoms with Gasteiger partial charge in [-0.15, -0.1) is 12.4 Å². The van der Waals surface area contributed by atoms with E-state index in [1.165, 1.54) is 0 Å². The molecular weight excluding hydrogens is 322 g/mol. The van der Waals surface area contributed by atoms with Gasteiger partial charge in [0, 0.05) is 30.3 Å². The lowest BCUT2D eigenvalue weighted by molar-refractivity contribution is 0.189. The topological polar surface area (TPSA) is 61.8 Å². The van der Waals surface area contributed by atoms with Crippen molar-refractivity contribution >= 4 is 29.7 Å². The predicted molar refractivity (Wildman–Crippen MR) is 91.6 cm³/mol. The summed E-state index contributed by atoms with van der Waals surface area (Å²) in [6.45, 7) is 1.14. The summed E-state index contributed by atoms with van der Waals surface area (Å²) < 4.78 is 11.3. The Labute approximate surface area is 141 Å². The summed E-state index contributed by atoms with van der Waals surface area (Å²) in [6.07, 6.45) is 3.44. The minimum absolute atomic E-state index is 0. The SMILES string of the molecule is COc1cccc2c1OC[C@H](N1C(=S)[N]C=C1CCN)C2.Cl. The van der Waals surface area contributed by atoms with Crippen LogP contribution in [-0.2, 0) is 6.42 Å². The Morgan fingerprint density at radius 2 is 2.32 bits per heavy atom. The van der Waals surface area contributed by atoms with Crippen molar-refractivity contribution < 1.29 is 9.47 Å². The van der Waals surface area contributed by atoms with Gasteiger partial charge in [-0.05, 0) is 24.8 Å². The van der Waals surface area contributed by atoms with Gasteiger partial charge < -0.3 is 20.1 Å². The maximum absolute atomic E-state index is 5.92. The van der Waals surface area contributed by atoms with Crippen molar-refractivity contribution in [3.05, 3.63) is 35.7 Å². The third-order valence-corrected chi connectivity index (χ3v) is 4.06. The van der Waals surface area contributed by atoms with E-state index in [2.05, 4.69) is 16.3 Å². The Kier molecular flexibility index (Phi) is 5.50. The Bertz CT molecular complexity index is 594. The smallest absolute Gasteiger partial charge is 0.200 e. The van der Waals surface area contributed by atoms with Gasteiger partial charge in [0.25, 0.3) is 0 Å². The van der Waals surface area contributed by atoms with Gasteiger partial charge in [0.2, 0.25) is 0 Å². The molecule has 1 aromatic rings. The maximum Gasteiger partial charge on any atom is 0.200 e. The first kappa shape index (κ1) is 16.9. The Morgan fingerprint density at radius 1 is 1.50 bits per heavy atom. The minimum atomic E-state index is 0. The lowest BCUT2D eigenvalue weighted by atomic mass is 10.0. The molecule has 0 saturated heterocycles. The van der Waals surface area contributed by atoms with E-state index < -0.39 is 0 Å². The van der Waals surface area contributed by atoms with Crippen LogP contribution in [0.4, 0.5) is 0 Å². The number of halogens is 1. The summed E-state index contributed by atoms with van der Waals surface area (Å²) >= 11 is 5.35. The van der Waals surface area contributed by atoms with Crippen LogP contribution in [0.25, 0.3) is 0 Å². The molecule has 1 aromatic carbocycles. The van der Waals surface area contributed by atoms with Gasteiger partial charge in [-0.1, -0.05) is 12.1 Å². The number of hydrogen-bond acceptors (Lipinski definition) is 4. The number of para-hydroxylation sites is 1. The first-order valence-electron chi connectivity index (χ1n) is 6.96. The lowest BCUT2D eigenvalue weighted by Gasteiger charge is -2.34. The highest BCUT2D eigenvalue weighted by molar-refractivity contribution is 7.80. The zero-order chi connectivity index (χ0) is 14.8. The molecule has 0 unspecified atom stereocenters. The van der Waals surface area contributed by atoms with Gasteiger partial charge in [-0.3, -0.25) is 0 Å². The molecular formula is C15H19ClN3O2S. The van der Waals surface area contributed by atoms with E-state index >= 15 is 0 Å². The standard InChI is InChI=1S/C15H18N3O2S.ClH/c1-19-13-4-2-3-10-7-12(9-20-14(10)13)18-11(5-6-16)8-17-15(18)21;/h2-4,8,12H,5-7,9,16H2,1H3;1H/t12-;/m1./s1. The van der Waals surface area contributed by atoms with Crippen LogP contribution in [0, 0.1) is 0 Å². The number of methoxy groups -OCH3 is 1. The quantitative estimate of drug-likeness (QED) is 0.847. The molecule has 0 fully saturated rings. The Morgan fingerprint density at radius 3 is 3.05 bits per heavy atom. The Hall–Kier alpha value is -1.50. The average molecular weight is 341 g/mol. The number of hydrogen-bond donors (Lipinski definition) is 1. The maximum atomic E-state index is 5.92. The van der Waals surface area contributed by atoms with E-state index in [0.717, 1.165) is 35.6 Å². The number of ether oxygens (including phenoxy) is 2.